The van der Waals surface area contributed by atoms with Gasteiger partial charge in [-0.1, -0.05) is 20.8 Å². The first kappa shape index (κ1) is 18.9. The number of ketones is 2. The van der Waals surface area contributed by atoms with Gasteiger partial charge in [0.2, 0.25) is 0 Å². The number of allylic oxidation sites excluding steroid dienone is 1. The number of aliphatic hydroxyl groups is 2. The highest BCUT2D eigenvalue weighted by molar-refractivity contribution is 5.97. The summed E-state index contributed by atoms with van der Waals surface area (Å²) in [5.74, 6) is -0.335. The summed E-state index contributed by atoms with van der Waals surface area (Å²) in [5.41, 5.74) is -1.80. The average Bonchev–Trinajstić information content (AvgIpc) is 2.55. The molecule has 0 bridgehead atoms. The maximum absolute atomic E-state index is 13.2. The van der Waals surface area contributed by atoms with Crippen molar-refractivity contribution in [1.82, 2.24) is 0 Å². The largest absolute Gasteiger partial charge is 0.462 e. The summed E-state index contributed by atoms with van der Waals surface area (Å²) < 4.78 is 11.9. The molecule has 2 aliphatic carbocycles. The van der Waals surface area contributed by atoms with Crippen molar-refractivity contribution in [2.24, 2.45) is 22.7 Å². The van der Waals surface area contributed by atoms with Crippen LogP contribution in [-0.4, -0.2) is 45.7 Å². The van der Waals surface area contributed by atoms with E-state index in [0.717, 1.165) is 0 Å². The van der Waals surface area contributed by atoms with Gasteiger partial charge in [0.15, 0.2) is 5.78 Å². The lowest BCUT2D eigenvalue weighted by molar-refractivity contribution is -0.255. The first-order valence-corrected chi connectivity index (χ1v) is 9.93. The van der Waals surface area contributed by atoms with Crippen molar-refractivity contribution in [1.29, 1.82) is 0 Å². The van der Waals surface area contributed by atoms with Gasteiger partial charge in [-0.05, 0) is 38.0 Å². The van der Waals surface area contributed by atoms with Crippen LogP contribution in [0.2, 0.25) is 0 Å². The maximum atomic E-state index is 13.2. The van der Waals surface area contributed by atoms with Gasteiger partial charge in [-0.2, -0.15) is 0 Å². The first-order valence-electron chi connectivity index (χ1n) is 9.93. The fourth-order valence-corrected chi connectivity index (χ4v) is 6.16. The third-order valence-corrected chi connectivity index (χ3v) is 8.08. The standard InChI is InChI=1S/C21H30O6/c1-10-6-12(22)11-7-14-20(4)13(19(2,3)15(23)9-16(20)24)8-17(25)21(14,5)27-18(11)26-10/h10,13-15,17,23,25H,6-9H2,1-5H3. The minimum atomic E-state index is -1.00. The van der Waals surface area contributed by atoms with Crippen molar-refractivity contribution in [3.05, 3.63) is 11.5 Å². The molecule has 27 heavy (non-hydrogen) atoms. The number of fused-ring (bicyclic) bond motifs is 3. The van der Waals surface area contributed by atoms with Crippen LogP contribution < -0.4 is 0 Å². The highest BCUT2D eigenvalue weighted by Crippen LogP contribution is 2.64. The van der Waals surface area contributed by atoms with Crippen molar-refractivity contribution in [3.8, 4) is 0 Å². The molecule has 7 unspecified atom stereocenters. The van der Waals surface area contributed by atoms with Crippen molar-refractivity contribution in [2.45, 2.75) is 84.2 Å². The zero-order chi connectivity index (χ0) is 19.9. The highest BCUT2D eigenvalue weighted by atomic mass is 16.7. The van der Waals surface area contributed by atoms with Gasteiger partial charge >= 0.3 is 0 Å². The van der Waals surface area contributed by atoms with Gasteiger partial charge in [-0.15, -0.1) is 0 Å². The van der Waals surface area contributed by atoms with Crippen LogP contribution in [0.15, 0.2) is 11.5 Å². The van der Waals surface area contributed by atoms with Gasteiger partial charge in [0.25, 0.3) is 5.95 Å². The molecule has 0 saturated heterocycles. The molecule has 0 aromatic heterocycles. The Hall–Kier alpha value is -1.40. The summed E-state index contributed by atoms with van der Waals surface area (Å²) in [6.07, 6.45) is -0.693. The molecule has 2 heterocycles. The van der Waals surface area contributed by atoms with Crippen molar-refractivity contribution >= 4 is 11.6 Å². The van der Waals surface area contributed by atoms with Crippen LogP contribution in [0, 0.1) is 22.7 Å². The molecule has 7 atom stereocenters. The maximum Gasteiger partial charge on any atom is 0.287 e. The second kappa shape index (κ2) is 5.57. The van der Waals surface area contributed by atoms with E-state index in [1.165, 1.54) is 0 Å². The molecule has 0 spiro atoms. The van der Waals surface area contributed by atoms with E-state index in [1.54, 1.807) is 0 Å². The van der Waals surface area contributed by atoms with Gasteiger partial charge in [0.05, 0.1) is 17.8 Å². The molecule has 0 aromatic carbocycles. The molecular formula is C21H30O6. The number of carbonyl (C=O) groups excluding carboxylic acids is 2. The van der Waals surface area contributed by atoms with E-state index >= 15 is 0 Å². The Bertz CT molecular complexity index is 739. The average molecular weight is 378 g/mol. The lowest BCUT2D eigenvalue weighted by Gasteiger charge is -2.64. The Morgan fingerprint density at radius 3 is 2.30 bits per heavy atom. The lowest BCUT2D eigenvalue weighted by atomic mass is 9.43. The van der Waals surface area contributed by atoms with E-state index in [1.807, 2.05) is 34.6 Å². The molecule has 0 radical (unpaired) electrons. The van der Waals surface area contributed by atoms with E-state index in [4.69, 9.17) is 9.47 Å². The quantitative estimate of drug-likeness (QED) is 0.671. The Kier molecular flexibility index (Phi) is 3.91. The van der Waals surface area contributed by atoms with Gasteiger partial charge in [-0.25, -0.2) is 0 Å². The Morgan fingerprint density at radius 2 is 1.63 bits per heavy atom. The van der Waals surface area contributed by atoms with Gasteiger partial charge in [0, 0.05) is 24.2 Å². The normalized spacial score (nSPS) is 48.8. The topological polar surface area (TPSA) is 93.1 Å². The number of carbonyl (C=O) groups is 2. The second-order valence-electron chi connectivity index (χ2n) is 9.92. The first-order chi connectivity index (χ1) is 12.4. The fraction of sp³-hybridized carbons (Fsp3) is 0.810. The molecule has 2 saturated carbocycles. The molecule has 4 rings (SSSR count). The van der Waals surface area contributed by atoms with Crippen molar-refractivity contribution in [3.63, 3.8) is 0 Å². The summed E-state index contributed by atoms with van der Waals surface area (Å²) in [4.78, 5) is 25.8. The number of rotatable bonds is 0. The van der Waals surface area contributed by atoms with E-state index in [0.29, 0.717) is 24.8 Å². The minimum absolute atomic E-state index is 0.00596. The predicted octanol–water partition coefficient (Wildman–Crippen LogP) is 2.12. The zero-order valence-corrected chi connectivity index (χ0v) is 16.7. The Labute approximate surface area is 159 Å². The summed E-state index contributed by atoms with van der Waals surface area (Å²) in [6, 6.07) is 0. The summed E-state index contributed by atoms with van der Waals surface area (Å²) in [5, 5.41) is 21.6. The molecule has 6 nitrogen and oxygen atoms in total. The summed E-state index contributed by atoms with van der Waals surface area (Å²) in [6.45, 7) is 9.52. The van der Waals surface area contributed by atoms with Crippen LogP contribution in [0.5, 0.6) is 0 Å². The summed E-state index contributed by atoms with van der Waals surface area (Å²) in [7, 11) is 0. The van der Waals surface area contributed by atoms with E-state index in [-0.39, 0.29) is 41.9 Å². The molecule has 2 N–H and O–H groups in total. The van der Waals surface area contributed by atoms with E-state index in [2.05, 4.69) is 0 Å². The number of ether oxygens (including phenoxy) is 2. The van der Waals surface area contributed by atoms with Gasteiger partial charge in [-0.3, -0.25) is 9.59 Å². The SMILES string of the molecule is CC1CC(=O)C2=C(O1)OC1(C)C(O)CC3C(C)(C)C(O)CC(=O)C3(C)C1C2. The van der Waals surface area contributed by atoms with Gasteiger partial charge in [0.1, 0.15) is 17.5 Å². The van der Waals surface area contributed by atoms with Crippen molar-refractivity contribution < 1.29 is 29.3 Å². The Balaban J connectivity index is 1.83. The van der Waals surface area contributed by atoms with Crippen LogP contribution in [0.25, 0.3) is 0 Å². The second-order valence-corrected chi connectivity index (χ2v) is 9.92. The van der Waals surface area contributed by atoms with E-state index in [9.17, 15) is 19.8 Å². The molecule has 150 valence electrons. The monoisotopic (exact) mass is 378 g/mol. The van der Waals surface area contributed by atoms with Gasteiger partial charge < -0.3 is 19.7 Å². The third kappa shape index (κ3) is 2.32. The summed E-state index contributed by atoms with van der Waals surface area (Å²) >= 11 is 0. The zero-order valence-electron chi connectivity index (χ0n) is 16.7. The predicted molar refractivity (Wildman–Crippen MR) is 96.4 cm³/mol. The smallest absolute Gasteiger partial charge is 0.287 e. The number of hydrogen-bond acceptors (Lipinski definition) is 6. The number of Topliss-reactive ketones (excluding diaryl/α,β-unsaturated/α-hetero) is 2. The molecular weight excluding hydrogens is 348 g/mol. The van der Waals surface area contributed by atoms with Crippen LogP contribution in [0.4, 0.5) is 0 Å². The number of hydrogen-bond donors (Lipinski definition) is 2. The minimum Gasteiger partial charge on any atom is -0.462 e. The van der Waals surface area contributed by atoms with Crippen LogP contribution in [0.3, 0.4) is 0 Å². The third-order valence-electron chi connectivity index (χ3n) is 8.08. The van der Waals surface area contributed by atoms with Crippen LogP contribution in [-0.2, 0) is 19.1 Å². The molecule has 2 fully saturated rings. The highest BCUT2D eigenvalue weighted by Gasteiger charge is 2.69. The lowest BCUT2D eigenvalue weighted by Crippen LogP contribution is -2.70. The van der Waals surface area contributed by atoms with Crippen molar-refractivity contribution in [2.75, 3.05) is 0 Å². The van der Waals surface area contributed by atoms with E-state index < -0.39 is 28.6 Å². The molecule has 2 aliphatic heterocycles. The van der Waals surface area contributed by atoms with Crippen LogP contribution in [0.1, 0.15) is 60.3 Å². The Morgan fingerprint density at radius 1 is 0.963 bits per heavy atom. The number of aliphatic hydroxyl groups excluding tert-OH is 2. The fourth-order valence-electron chi connectivity index (χ4n) is 6.16. The van der Waals surface area contributed by atoms with Crippen LogP contribution >= 0.6 is 0 Å². The molecule has 0 aromatic rings. The molecule has 6 heteroatoms. The molecule has 0 amide bonds. The molecule has 4 aliphatic rings.